The number of hydrogen-bond acceptors (Lipinski definition) is 5. The molecule has 0 spiro atoms. The van der Waals surface area contributed by atoms with Gasteiger partial charge in [0.15, 0.2) is 18.8 Å². The van der Waals surface area contributed by atoms with Gasteiger partial charge >= 0.3 is 0 Å². The zero-order valence-electron chi connectivity index (χ0n) is 18.1. The molecule has 32 heavy (non-hydrogen) atoms. The van der Waals surface area contributed by atoms with Crippen LogP contribution < -0.4 is 10.1 Å². The van der Waals surface area contributed by atoms with Crippen molar-refractivity contribution >= 4 is 11.8 Å². The van der Waals surface area contributed by atoms with Gasteiger partial charge in [0.05, 0.1) is 12.2 Å². The highest BCUT2D eigenvalue weighted by molar-refractivity contribution is 5.95. The van der Waals surface area contributed by atoms with Crippen molar-refractivity contribution in [2.45, 2.75) is 32.2 Å². The zero-order chi connectivity index (χ0) is 22.3. The minimum Gasteiger partial charge on any atom is -0.483 e. The maximum Gasteiger partial charge on any atom is 0.260 e. The lowest BCUT2D eigenvalue weighted by Gasteiger charge is -2.22. The summed E-state index contributed by atoms with van der Waals surface area (Å²) in [7, 11) is 0. The van der Waals surface area contributed by atoms with Gasteiger partial charge in [-0.15, -0.1) is 0 Å². The van der Waals surface area contributed by atoms with Crippen LogP contribution in [-0.2, 0) is 4.79 Å². The number of carbonyl (C=O) groups is 2. The number of nitrogens with zero attached hydrogens (tertiary/aromatic N) is 2. The molecular weight excluding hydrogens is 406 g/mol. The molecular formula is C25H27N3O4. The molecule has 0 radical (unpaired) electrons. The lowest BCUT2D eigenvalue weighted by molar-refractivity contribution is -0.132. The van der Waals surface area contributed by atoms with Gasteiger partial charge in [-0.25, -0.2) is 4.98 Å². The summed E-state index contributed by atoms with van der Waals surface area (Å²) < 4.78 is 11.2. The monoisotopic (exact) mass is 433 g/mol. The SMILES string of the molecule is CCC(NC(=O)c1ccc(-c2cnco2)cc1)c1ccccc1OCC(=O)N1CCCC1. The lowest BCUT2D eigenvalue weighted by Crippen LogP contribution is -2.32. The molecule has 4 rings (SSSR count). The van der Waals surface area contributed by atoms with E-state index >= 15 is 0 Å². The second-order valence-electron chi connectivity index (χ2n) is 7.79. The summed E-state index contributed by atoms with van der Waals surface area (Å²) in [5.41, 5.74) is 2.26. The van der Waals surface area contributed by atoms with E-state index in [0.717, 1.165) is 37.1 Å². The number of carbonyl (C=O) groups excluding carboxylic acids is 2. The van der Waals surface area contributed by atoms with E-state index in [1.54, 1.807) is 18.3 Å². The van der Waals surface area contributed by atoms with E-state index in [1.165, 1.54) is 6.39 Å². The van der Waals surface area contributed by atoms with Crippen LogP contribution >= 0.6 is 0 Å². The number of para-hydroxylation sites is 1. The molecule has 1 unspecified atom stereocenters. The summed E-state index contributed by atoms with van der Waals surface area (Å²) in [6.45, 7) is 3.61. The fourth-order valence-corrected chi connectivity index (χ4v) is 3.88. The quantitative estimate of drug-likeness (QED) is 0.575. The molecule has 0 bridgehead atoms. The molecule has 2 heterocycles. The molecule has 3 aromatic rings. The fraction of sp³-hybridized carbons (Fsp3) is 0.320. The number of oxazole rings is 1. The Bertz CT molecular complexity index is 1040. The second-order valence-corrected chi connectivity index (χ2v) is 7.79. The number of hydrogen-bond donors (Lipinski definition) is 1. The normalized spacial score (nSPS) is 14.2. The van der Waals surface area contributed by atoms with Crippen molar-refractivity contribution in [1.82, 2.24) is 15.2 Å². The van der Waals surface area contributed by atoms with Crippen molar-refractivity contribution in [3.05, 3.63) is 72.2 Å². The Kier molecular flexibility index (Phi) is 6.84. The van der Waals surface area contributed by atoms with E-state index in [9.17, 15) is 9.59 Å². The van der Waals surface area contributed by atoms with Gasteiger partial charge in [-0.2, -0.15) is 0 Å². The third-order valence-corrected chi connectivity index (χ3v) is 5.68. The largest absolute Gasteiger partial charge is 0.483 e. The van der Waals surface area contributed by atoms with Crippen LogP contribution in [0.15, 0.2) is 65.5 Å². The van der Waals surface area contributed by atoms with Crippen molar-refractivity contribution in [3.63, 3.8) is 0 Å². The van der Waals surface area contributed by atoms with Crippen LogP contribution in [0.5, 0.6) is 5.75 Å². The standard InChI is InChI=1S/C25H27N3O4/c1-2-21(27-25(30)19-11-9-18(10-12-19)23-15-26-17-32-23)20-7-3-4-8-22(20)31-16-24(29)28-13-5-6-14-28/h3-4,7-12,15,17,21H,2,5-6,13-14,16H2,1H3,(H,27,30). The molecule has 1 saturated heterocycles. The molecule has 166 valence electrons. The average Bonchev–Trinajstić information content (AvgIpc) is 3.56. The summed E-state index contributed by atoms with van der Waals surface area (Å²) in [6.07, 6.45) is 5.78. The predicted molar refractivity (Wildman–Crippen MR) is 120 cm³/mol. The van der Waals surface area contributed by atoms with E-state index in [0.29, 0.717) is 23.5 Å². The first-order valence-electron chi connectivity index (χ1n) is 10.9. The van der Waals surface area contributed by atoms with Gasteiger partial charge in [0.1, 0.15) is 5.75 Å². The zero-order valence-corrected chi connectivity index (χ0v) is 18.1. The van der Waals surface area contributed by atoms with Crippen LogP contribution in [0.2, 0.25) is 0 Å². The third kappa shape index (κ3) is 4.99. The Labute approximate surface area is 187 Å². The molecule has 7 nitrogen and oxygen atoms in total. The van der Waals surface area contributed by atoms with Crippen LogP contribution in [0.25, 0.3) is 11.3 Å². The van der Waals surface area contributed by atoms with Gasteiger partial charge in [0, 0.05) is 29.8 Å². The van der Waals surface area contributed by atoms with Crippen molar-refractivity contribution in [2.75, 3.05) is 19.7 Å². The van der Waals surface area contributed by atoms with Gasteiger partial charge in [-0.05, 0) is 37.5 Å². The van der Waals surface area contributed by atoms with E-state index in [1.807, 2.05) is 48.2 Å². The van der Waals surface area contributed by atoms with Gasteiger partial charge in [0.2, 0.25) is 0 Å². The first kappa shape index (κ1) is 21.6. The number of ether oxygens (including phenoxy) is 1. The first-order chi connectivity index (χ1) is 15.7. The number of aromatic nitrogens is 1. The van der Waals surface area contributed by atoms with Gasteiger partial charge < -0.3 is 19.4 Å². The summed E-state index contributed by atoms with van der Waals surface area (Å²) in [5, 5.41) is 3.09. The Hall–Kier alpha value is -3.61. The van der Waals surface area contributed by atoms with Crippen molar-refractivity contribution in [1.29, 1.82) is 0 Å². The minimum atomic E-state index is -0.241. The maximum absolute atomic E-state index is 12.9. The Morgan fingerprint density at radius 2 is 1.88 bits per heavy atom. The third-order valence-electron chi connectivity index (χ3n) is 5.68. The Morgan fingerprint density at radius 1 is 1.12 bits per heavy atom. The number of nitrogens with one attached hydrogen (secondary N) is 1. The number of amides is 2. The molecule has 2 aromatic carbocycles. The molecule has 1 aliphatic heterocycles. The van der Waals surface area contributed by atoms with Crippen LogP contribution in [0.1, 0.15) is 48.1 Å². The van der Waals surface area contributed by atoms with Gasteiger partial charge in [-0.3, -0.25) is 9.59 Å². The highest BCUT2D eigenvalue weighted by Crippen LogP contribution is 2.28. The van der Waals surface area contributed by atoms with Crippen LogP contribution in [0.3, 0.4) is 0 Å². The highest BCUT2D eigenvalue weighted by Gasteiger charge is 2.21. The molecule has 1 atom stereocenters. The predicted octanol–water partition coefficient (Wildman–Crippen LogP) is 4.22. The topological polar surface area (TPSA) is 84.7 Å². The van der Waals surface area contributed by atoms with Gasteiger partial charge in [-0.1, -0.05) is 37.3 Å². The minimum absolute atomic E-state index is 0.00114. The lowest BCUT2D eigenvalue weighted by atomic mass is 10.0. The summed E-state index contributed by atoms with van der Waals surface area (Å²) in [5.74, 6) is 1.09. The molecule has 1 aromatic heterocycles. The Balaban J connectivity index is 1.43. The molecule has 7 heteroatoms. The molecule has 1 N–H and O–H groups in total. The molecule has 0 aliphatic carbocycles. The highest BCUT2D eigenvalue weighted by atomic mass is 16.5. The second kappa shape index (κ2) is 10.1. The molecule has 0 saturated carbocycles. The summed E-state index contributed by atoms with van der Waals surface area (Å²) in [6, 6.07) is 14.5. The summed E-state index contributed by atoms with van der Waals surface area (Å²) in [4.78, 5) is 31.0. The summed E-state index contributed by atoms with van der Waals surface area (Å²) >= 11 is 0. The number of likely N-dealkylation sites (tertiary alicyclic amines) is 1. The molecule has 2 amide bonds. The molecule has 1 aliphatic rings. The van der Waals surface area contributed by atoms with Crippen LogP contribution in [-0.4, -0.2) is 41.4 Å². The van der Waals surface area contributed by atoms with E-state index in [-0.39, 0.29) is 24.5 Å². The average molecular weight is 434 g/mol. The van der Waals surface area contributed by atoms with Gasteiger partial charge in [0.25, 0.3) is 11.8 Å². The number of rotatable bonds is 8. The number of benzene rings is 2. The fourth-order valence-electron chi connectivity index (χ4n) is 3.88. The Morgan fingerprint density at radius 3 is 2.56 bits per heavy atom. The van der Waals surface area contributed by atoms with Crippen molar-refractivity contribution in [3.8, 4) is 17.1 Å². The molecule has 1 fully saturated rings. The van der Waals surface area contributed by atoms with Crippen molar-refractivity contribution < 1.29 is 18.7 Å². The van der Waals surface area contributed by atoms with E-state index in [2.05, 4.69) is 10.3 Å². The maximum atomic E-state index is 12.9. The van der Waals surface area contributed by atoms with E-state index in [4.69, 9.17) is 9.15 Å². The van der Waals surface area contributed by atoms with Crippen LogP contribution in [0, 0.1) is 0 Å². The van der Waals surface area contributed by atoms with E-state index < -0.39 is 0 Å². The smallest absolute Gasteiger partial charge is 0.260 e. The first-order valence-corrected chi connectivity index (χ1v) is 10.9. The van der Waals surface area contributed by atoms with Crippen molar-refractivity contribution in [2.24, 2.45) is 0 Å². The van der Waals surface area contributed by atoms with Crippen LogP contribution in [0.4, 0.5) is 0 Å².